The number of sulfonamides is 1. The van der Waals surface area contributed by atoms with Crippen LogP contribution in [0, 0.1) is 0 Å². The van der Waals surface area contributed by atoms with E-state index in [1.165, 1.54) is 11.4 Å². The molecule has 1 N–H and O–H groups in total. The number of hydrogen-bond donors (Lipinski definition) is 1. The van der Waals surface area contributed by atoms with Crippen LogP contribution in [0.15, 0.2) is 20.0 Å². The zero-order valence-corrected chi connectivity index (χ0v) is 15.1. The van der Waals surface area contributed by atoms with Crippen LogP contribution in [0.2, 0.25) is 0 Å². The van der Waals surface area contributed by atoms with Crippen molar-refractivity contribution in [3.63, 3.8) is 0 Å². The summed E-state index contributed by atoms with van der Waals surface area (Å²) < 4.78 is 37.0. The Hall–Kier alpha value is -0.410. The molecule has 0 spiro atoms. The Kier molecular flexibility index (Phi) is 7.89. The van der Waals surface area contributed by atoms with E-state index >= 15 is 0 Å². The van der Waals surface area contributed by atoms with E-state index in [-0.39, 0.29) is 9.56 Å². The maximum atomic E-state index is 12.5. The van der Waals surface area contributed by atoms with Gasteiger partial charge in [-0.25, -0.2) is 8.42 Å². The Bertz CT molecular complexity index is 530. The molecule has 0 saturated heterocycles. The topological polar surface area (TPSA) is 71.8 Å². The van der Waals surface area contributed by atoms with E-state index in [1.54, 1.807) is 6.07 Å². The van der Waals surface area contributed by atoms with Gasteiger partial charge in [-0.15, -0.1) is 0 Å². The van der Waals surface area contributed by atoms with E-state index in [0.717, 1.165) is 13.0 Å². The molecule has 0 aliphatic carbocycles. The van der Waals surface area contributed by atoms with Crippen molar-refractivity contribution in [1.82, 2.24) is 9.62 Å². The van der Waals surface area contributed by atoms with Crippen molar-refractivity contribution >= 4 is 26.0 Å². The minimum absolute atomic E-state index is 0.148. The highest BCUT2D eigenvalue weighted by Crippen LogP contribution is 2.28. The molecule has 1 rings (SSSR count). The van der Waals surface area contributed by atoms with Crippen molar-refractivity contribution in [2.45, 2.75) is 31.7 Å². The minimum atomic E-state index is -3.57. The van der Waals surface area contributed by atoms with Gasteiger partial charge in [0.2, 0.25) is 10.0 Å². The van der Waals surface area contributed by atoms with E-state index in [2.05, 4.69) is 28.2 Å². The Labute approximate surface area is 135 Å². The molecule has 1 heterocycles. The average molecular weight is 383 g/mol. The first-order valence-electron chi connectivity index (χ1n) is 6.96. The monoisotopic (exact) mass is 382 g/mol. The highest BCUT2D eigenvalue weighted by Gasteiger charge is 2.26. The van der Waals surface area contributed by atoms with Crippen LogP contribution in [-0.2, 0) is 21.3 Å². The number of rotatable bonds is 10. The van der Waals surface area contributed by atoms with Gasteiger partial charge in [0.25, 0.3) is 0 Å². The second kappa shape index (κ2) is 8.89. The Morgan fingerprint density at radius 3 is 2.76 bits per heavy atom. The third-order valence-electron chi connectivity index (χ3n) is 2.88. The lowest BCUT2D eigenvalue weighted by atomic mass is 10.4. The van der Waals surface area contributed by atoms with Gasteiger partial charge < -0.3 is 14.5 Å². The molecule has 6 nitrogen and oxygen atoms in total. The molecule has 0 fully saturated rings. The molecule has 0 radical (unpaired) electrons. The lowest BCUT2D eigenvalue weighted by Crippen LogP contribution is -2.30. The normalized spacial score (nSPS) is 12.2. The Morgan fingerprint density at radius 1 is 1.43 bits per heavy atom. The van der Waals surface area contributed by atoms with Gasteiger partial charge in [0.15, 0.2) is 4.67 Å². The molecule has 8 heteroatoms. The molecule has 1 aromatic rings. The highest BCUT2D eigenvalue weighted by atomic mass is 79.9. The number of ether oxygens (including phenoxy) is 1. The molecule has 0 aromatic carbocycles. The number of likely N-dealkylation sites (N-methyl/N-ethyl adjacent to an activating group) is 1. The van der Waals surface area contributed by atoms with Crippen LogP contribution >= 0.6 is 15.9 Å². The van der Waals surface area contributed by atoms with Crippen LogP contribution < -0.4 is 5.32 Å². The predicted molar refractivity (Wildman–Crippen MR) is 84.7 cm³/mol. The lowest BCUT2D eigenvalue weighted by molar-refractivity contribution is 0.138. The van der Waals surface area contributed by atoms with E-state index in [1.807, 2.05) is 6.92 Å². The summed E-state index contributed by atoms with van der Waals surface area (Å²) in [6.45, 7) is 6.53. The Morgan fingerprint density at radius 2 is 2.14 bits per heavy atom. The fourth-order valence-electron chi connectivity index (χ4n) is 1.67. The summed E-state index contributed by atoms with van der Waals surface area (Å²) in [5.74, 6) is 0.590. The third-order valence-corrected chi connectivity index (χ3v) is 5.59. The SMILES string of the molecule is CCCNCc1cc(S(=O)(=O)N(C)CCOCC)c(Br)o1. The van der Waals surface area contributed by atoms with Gasteiger partial charge in [0.05, 0.1) is 13.2 Å². The zero-order valence-electron chi connectivity index (χ0n) is 12.7. The molecule has 0 amide bonds. The van der Waals surface area contributed by atoms with Crippen molar-refractivity contribution in [2.24, 2.45) is 0 Å². The number of halogens is 1. The van der Waals surface area contributed by atoms with Gasteiger partial charge >= 0.3 is 0 Å². The number of nitrogens with one attached hydrogen (secondary N) is 1. The van der Waals surface area contributed by atoms with Crippen molar-refractivity contribution in [3.05, 3.63) is 16.5 Å². The molecule has 0 aliphatic heterocycles. The van der Waals surface area contributed by atoms with Crippen LogP contribution in [-0.4, -0.2) is 46.1 Å². The number of nitrogens with zero attached hydrogens (tertiary/aromatic N) is 1. The minimum Gasteiger partial charge on any atom is -0.452 e. The Balaban J connectivity index is 2.78. The molecule has 0 atom stereocenters. The molecule has 122 valence electrons. The summed E-state index contributed by atoms with van der Waals surface area (Å²) in [6, 6.07) is 1.55. The molecule has 21 heavy (non-hydrogen) atoms. The van der Waals surface area contributed by atoms with Crippen LogP contribution in [0.5, 0.6) is 0 Å². The van der Waals surface area contributed by atoms with Gasteiger partial charge in [-0.05, 0) is 35.8 Å². The van der Waals surface area contributed by atoms with E-state index < -0.39 is 10.0 Å². The first-order chi connectivity index (χ1) is 9.93. The zero-order chi connectivity index (χ0) is 15.9. The predicted octanol–water partition coefficient (Wildman–Crippen LogP) is 2.20. The van der Waals surface area contributed by atoms with Crippen molar-refractivity contribution < 1.29 is 17.6 Å². The van der Waals surface area contributed by atoms with Crippen LogP contribution in [0.25, 0.3) is 0 Å². The summed E-state index contributed by atoms with van der Waals surface area (Å²) >= 11 is 3.18. The number of hydrogen-bond acceptors (Lipinski definition) is 5. The summed E-state index contributed by atoms with van der Waals surface area (Å²) in [7, 11) is -2.04. The second-order valence-electron chi connectivity index (χ2n) is 4.55. The summed E-state index contributed by atoms with van der Waals surface area (Å²) in [4.78, 5) is 0.148. The van der Waals surface area contributed by atoms with E-state index in [0.29, 0.717) is 32.1 Å². The number of furan rings is 1. The molecule has 0 aliphatic rings. The summed E-state index contributed by atoms with van der Waals surface area (Å²) in [6.07, 6.45) is 1.01. The van der Waals surface area contributed by atoms with Gasteiger partial charge in [-0.3, -0.25) is 0 Å². The molecule has 0 bridgehead atoms. The maximum absolute atomic E-state index is 12.5. The molecule has 0 unspecified atom stereocenters. The second-order valence-corrected chi connectivity index (χ2v) is 7.28. The van der Waals surface area contributed by atoms with Gasteiger partial charge in [0.1, 0.15) is 10.7 Å². The van der Waals surface area contributed by atoms with Gasteiger partial charge in [-0.2, -0.15) is 4.31 Å². The highest BCUT2D eigenvalue weighted by molar-refractivity contribution is 9.10. The molecule has 1 aromatic heterocycles. The lowest BCUT2D eigenvalue weighted by Gasteiger charge is -2.15. The van der Waals surface area contributed by atoms with Crippen molar-refractivity contribution in [1.29, 1.82) is 0 Å². The smallest absolute Gasteiger partial charge is 0.247 e. The average Bonchev–Trinajstić information content (AvgIpc) is 2.81. The molecule has 0 saturated carbocycles. The van der Waals surface area contributed by atoms with E-state index in [4.69, 9.17) is 9.15 Å². The van der Waals surface area contributed by atoms with E-state index in [9.17, 15) is 8.42 Å². The fraction of sp³-hybridized carbons (Fsp3) is 0.692. The van der Waals surface area contributed by atoms with Crippen LogP contribution in [0.3, 0.4) is 0 Å². The van der Waals surface area contributed by atoms with Crippen LogP contribution in [0.1, 0.15) is 26.0 Å². The van der Waals surface area contributed by atoms with Crippen molar-refractivity contribution in [2.75, 3.05) is 33.4 Å². The first kappa shape index (κ1) is 18.6. The third kappa shape index (κ3) is 5.37. The summed E-state index contributed by atoms with van der Waals surface area (Å²) in [5.41, 5.74) is 0. The van der Waals surface area contributed by atoms with Crippen LogP contribution in [0.4, 0.5) is 0 Å². The van der Waals surface area contributed by atoms with Gasteiger partial charge in [0, 0.05) is 26.3 Å². The first-order valence-corrected chi connectivity index (χ1v) is 9.19. The largest absolute Gasteiger partial charge is 0.452 e. The summed E-state index contributed by atoms with van der Waals surface area (Å²) in [5, 5.41) is 3.17. The molecular weight excluding hydrogens is 360 g/mol. The van der Waals surface area contributed by atoms with Crippen molar-refractivity contribution in [3.8, 4) is 0 Å². The quantitative estimate of drug-likeness (QED) is 0.628. The van der Waals surface area contributed by atoms with Gasteiger partial charge in [-0.1, -0.05) is 6.92 Å². The standard InChI is InChI=1S/C13H23BrN2O4S/c1-4-6-15-10-11-9-12(13(14)20-11)21(17,18)16(3)7-8-19-5-2/h9,15H,4-8,10H2,1-3H3. The molecular formula is C13H23BrN2O4S. The maximum Gasteiger partial charge on any atom is 0.247 e. The fourth-order valence-corrected chi connectivity index (χ4v) is 3.79.